The quantitative estimate of drug-likeness (QED) is 0.379. The minimum Gasteiger partial charge on any atom is -0.481 e. The van der Waals surface area contributed by atoms with Gasteiger partial charge in [0.05, 0.1) is 0 Å². The summed E-state index contributed by atoms with van der Waals surface area (Å²) in [7, 11) is 0. The fourth-order valence-electron chi connectivity index (χ4n) is 2.72. The number of ketones is 2. The molecule has 1 N–H and O–H groups in total. The number of unbranched alkanes of at least 4 members (excludes halogenated alkanes) is 2. The monoisotopic (exact) mass is 306 g/mol. The second kappa shape index (κ2) is 10.1. The Morgan fingerprint density at radius 1 is 1.27 bits per heavy atom. The van der Waals surface area contributed by atoms with Crippen molar-refractivity contribution < 1.29 is 19.5 Å². The van der Waals surface area contributed by atoms with Crippen molar-refractivity contribution in [2.45, 2.75) is 58.3 Å². The lowest BCUT2D eigenvalue weighted by molar-refractivity contribution is -0.137. The molecule has 0 radical (unpaired) electrons. The number of carboxylic acids is 1. The molecule has 4 heteroatoms. The number of carbonyl (C=O) groups excluding carboxylic acids is 2. The molecular weight excluding hydrogens is 280 g/mol. The molecule has 122 valence electrons. The smallest absolute Gasteiger partial charge is 0.303 e. The van der Waals surface area contributed by atoms with Crippen LogP contribution in [0.3, 0.4) is 0 Å². The normalized spacial score (nSPS) is 22.0. The lowest BCUT2D eigenvalue weighted by atomic mass is 9.91. The maximum Gasteiger partial charge on any atom is 0.303 e. The lowest BCUT2D eigenvalue weighted by Crippen LogP contribution is -2.12. The van der Waals surface area contributed by atoms with E-state index < -0.39 is 5.97 Å². The first-order chi connectivity index (χ1) is 10.5. The fourth-order valence-corrected chi connectivity index (χ4v) is 2.72. The van der Waals surface area contributed by atoms with E-state index in [4.69, 9.17) is 5.11 Å². The summed E-state index contributed by atoms with van der Waals surface area (Å²) in [5, 5.41) is 8.54. The summed E-state index contributed by atoms with van der Waals surface area (Å²) in [5.74, 6) is -0.186. The van der Waals surface area contributed by atoms with E-state index in [0.29, 0.717) is 25.7 Å². The molecule has 4 nitrogen and oxygen atoms in total. The molecule has 2 atom stereocenters. The largest absolute Gasteiger partial charge is 0.481 e. The van der Waals surface area contributed by atoms with E-state index in [9.17, 15) is 14.4 Å². The van der Waals surface area contributed by atoms with Gasteiger partial charge in [0.15, 0.2) is 5.78 Å². The van der Waals surface area contributed by atoms with Crippen molar-refractivity contribution in [3.05, 3.63) is 24.3 Å². The number of Topliss-reactive ketones (excluding diaryl/α,β-unsaturated/α-hetero) is 1. The van der Waals surface area contributed by atoms with Gasteiger partial charge in [-0.15, -0.1) is 0 Å². The molecule has 0 bridgehead atoms. The Bertz CT molecular complexity index is 448. The van der Waals surface area contributed by atoms with E-state index in [1.54, 1.807) is 6.08 Å². The highest BCUT2D eigenvalue weighted by Gasteiger charge is 2.31. The highest BCUT2D eigenvalue weighted by Crippen LogP contribution is 2.32. The van der Waals surface area contributed by atoms with Gasteiger partial charge in [-0.25, -0.2) is 0 Å². The molecule has 0 amide bonds. The molecule has 1 saturated carbocycles. The summed E-state index contributed by atoms with van der Waals surface area (Å²) >= 11 is 0. The summed E-state index contributed by atoms with van der Waals surface area (Å²) in [6.07, 6.45) is 12.8. The summed E-state index contributed by atoms with van der Waals surface area (Å²) < 4.78 is 0. The first kappa shape index (κ1) is 18.3. The summed E-state index contributed by atoms with van der Waals surface area (Å²) in [4.78, 5) is 33.6. The molecule has 2 unspecified atom stereocenters. The Morgan fingerprint density at radius 2 is 2.05 bits per heavy atom. The van der Waals surface area contributed by atoms with Gasteiger partial charge < -0.3 is 5.11 Å². The molecule has 0 saturated heterocycles. The van der Waals surface area contributed by atoms with E-state index in [1.807, 2.05) is 25.2 Å². The molecule has 0 aliphatic heterocycles. The minimum atomic E-state index is -0.753. The van der Waals surface area contributed by atoms with Gasteiger partial charge in [0, 0.05) is 25.2 Å². The summed E-state index contributed by atoms with van der Waals surface area (Å²) in [5.41, 5.74) is 0. The van der Waals surface area contributed by atoms with Crippen LogP contribution >= 0.6 is 0 Å². The molecule has 1 aliphatic rings. The molecule has 1 rings (SSSR count). The van der Waals surface area contributed by atoms with Crippen LogP contribution in [0, 0.1) is 11.8 Å². The number of carbonyl (C=O) groups is 3. The van der Waals surface area contributed by atoms with Crippen molar-refractivity contribution in [2.75, 3.05) is 0 Å². The summed E-state index contributed by atoms with van der Waals surface area (Å²) in [6, 6.07) is 0. The predicted octanol–water partition coefficient (Wildman–Crippen LogP) is 3.71. The zero-order valence-corrected chi connectivity index (χ0v) is 13.3. The standard InChI is InChI=1S/C18H26O4/c1-2-15(19)12-10-14-11-13-17(20)16(14)8-6-4-3-5-7-9-18(21)22/h4,6,10,12,14,16H,2-3,5,7-9,11,13H2,1H3,(H,21,22). The second-order valence-electron chi connectivity index (χ2n) is 5.80. The first-order valence-corrected chi connectivity index (χ1v) is 8.15. The van der Waals surface area contributed by atoms with Gasteiger partial charge in [0.2, 0.25) is 0 Å². The number of carboxylic acid groups (broad SMARTS) is 1. The molecular formula is C18H26O4. The maximum atomic E-state index is 11.9. The first-order valence-electron chi connectivity index (χ1n) is 8.15. The van der Waals surface area contributed by atoms with Crippen molar-refractivity contribution >= 4 is 17.5 Å². The summed E-state index contributed by atoms with van der Waals surface area (Å²) in [6.45, 7) is 1.83. The van der Waals surface area contributed by atoms with Crippen molar-refractivity contribution in [3.63, 3.8) is 0 Å². The van der Waals surface area contributed by atoms with Gasteiger partial charge in [0.1, 0.15) is 5.78 Å². The van der Waals surface area contributed by atoms with Crippen LogP contribution in [0.2, 0.25) is 0 Å². The van der Waals surface area contributed by atoms with Crippen LogP contribution in [0.4, 0.5) is 0 Å². The highest BCUT2D eigenvalue weighted by atomic mass is 16.4. The molecule has 0 spiro atoms. The van der Waals surface area contributed by atoms with Gasteiger partial charge in [-0.3, -0.25) is 14.4 Å². The fraction of sp³-hybridized carbons (Fsp3) is 0.611. The van der Waals surface area contributed by atoms with Gasteiger partial charge in [-0.1, -0.05) is 25.2 Å². The molecule has 0 heterocycles. The molecule has 0 aromatic carbocycles. The Balaban J connectivity index is 2.35. The van der Waals surface area contributed by atoms with Crippen LogP contribution in [0.15, 0.2) is 24.3 Å². The van der Waals surface area contributed by atoms with Crippen molar-refractivity contribution in [3.8, 4) is 0 Å². The number of allylic oxidation sites excluding steroid dienone is 4. The van der Waals surface area contributed by atoms with Gasteiger partial charge >= 0.3 is 5.97 Å². The third kappa shape index (κ3) is 6.83. The number of rotatable bonds is 10. The lowest BCUT2D eigenvalue weighted by Gasteiger charge is -2.12. The van der Waals surface area contributed by atoms with E-state index in [0.717, 1.165) is 19.3 Å². The van der Waals surface area contributed by atoms with Crippen LogP contribution in [-0.4, -0.2) is 22.6 Å². The number of aliphatic carboxylic acids is 1. The molecule has 1 aliphatic carbocycles. The van der Waals surface area contributed by atoms with Crippen LogP contribution in [0.5, 0.6) is 0 Å². The topological polar surface area (TPSA) is 71.4 Å². The van der Waals surface area contributed by atoms with Gasteiger partial charge in [-0.05, 0) is 44.1 Å². The third-order valence-corrected chi connectivity index (χ3v) is 4.10. The maximum absolute atomic E-state index is 11.9. The van der Waals surface area contributed by atoms with Crippen LogP contribution in [-0.2, 0) is 14.4 Å². The van der Waals surface area contributed by atoms with E-state index in [-0.39, 0.29) is 29.8 Å². The number of hydrogen-bond donors (Lipinski definition) is 1. The zero-order chi connectivity index (χ0) is 16.4. The van der Waals surface area contributed by atoms with E-state index >= 15 is 0 Å². The Labute approximate surface area is 132 Å². The van der Waals surface area contributed by atoms with Gasteiger partial charge in [0.25, 0.3) is 0 Å². The molecule has 0 aromatic rings. The van der Waals surface area contributed by atoms with Gasteiger partial charge in [-0.2, -0.15) is 0 Å². The zero-order valence-electron chi connectivity index (χ0n) is 13.3. The molecule has 1 fully saturated rings. The third-order valence-electron chi connectivity index (χ3n) is 4.10. The second-order valence-corrected chi connectivity index (χ2v) is 5.80. The van der Waals surface area contributed by atoms with Crippen LogP contribution in [0.25, 0.3) is 0 Å². The molecule has 22 heavy (non-hydrogen) atoms. The van der Waals surface area contributed by atoms with E-state index in [1.165, 1.54) is 0 Å². The SMILES string of the molecule is CCC(=O)C=CC1CCC(=O)C1CC=CCCCCC(=O)O. The average molecular weight is 306 g/mol. The minimum absolute atomic E-state index is 0.00354. The number of hydrogen-bond acceptors (Lipinski definition) is 3. The van der Waals surface area contributed by atoms with Crippen LogP contribution in [0.1, 0.15) is 58.3 Å². The highest BCUT2D eigenvalue weighted by molar-refractivity contribution is 5.90. The Morgan fingerprint density at radius 3 is 2.73 bits per heavy atom. The molecule has 0 aromatic heterocycles. The Hall–Kier alpha value is -1.71. The van der Waals surface area contributed by atoms with Crippen LogP contribution < -0.4 is 0 Å². The van der Waals surface area contributed by atoms with Crippen molar-refractivity contribution in [1.82, 2.24) is 0 Å². The van der Waals surface area contributed by atoms with Crippen molar-refractivity contribution in [1.29, 1.82) is 0 Å². The average Bonchev–Trinajstić information content (AvgIpc) is 2.84. The van der Waals surface area contributed by atoms with Crippen molar-refractivity contribution in [2.24, 2.45) is 11.8 Å². The predicted molar refractivity (Wildman–Crippen MR) is 85.5 cm³/mol. The van der Waals surface area contributed by atoms with E-state index in [2.05, 4.69) is 0 Å². The Kier molecular flexibility index (Phi) is 8.41.